The maximum absolute atomic E-state index is 13.0. The van der Waals surface area contributed by atoms with Crippen LogP contribution >= 0.6 is 11.8 Å². The van der Waals surface area contributed by atoms with Gasteiger partial charge in [0.15, 0.2) is 16.7 Å². The van der Waals surface area contributed by atoms with E-state index in [-0.39, 0.29) is 11.2 Å². The Morgan fingerprint density at radius 3 is 2.52 bits per heavy atom. The zero-order chi connectivity index (χ0) is 22.8. The van der Waals surface area contributed by atoms with E-state index >= 15 is 0 Å². The molecule has 0 saturated carbocycles. The molecular formula is C24H27N5O3S. The summed E-state index contributed by atoms with van der Waals surface area (Å²) in [6, 6.07) is 13.7. The normalized spacial score (nSPS) is 16.0. The van der Waals surface area contributed by atoms with Gasteiger partial charge in [0.1, 0.15) is 13.2 Å². The monoisotopic (exact) mass is 465 g/mol. The van der Waals surface area contributed by atoms with E-state index in [9.17, 15) is 4.79 Å². The van der Waals surface area contributed by atoms with Gasteiger partial charge in [-0.25, -0.2) is 0 Å². The summed E-state index contributed by atoms with van der Waals surface area (Å²) >= 11 is 1.40. The van der Waals surface area contributed by atoms with Crippen molar-refractivity contribution in [2.24, 2.45) is 0 Å². The Morgan fingerprint density at radius 1 is 1.03 bits per heavy atom. The van der Waals surface area contributed by atoms with Gasteiger partial charge in [-0.1, -0.05) is 29.5 Å². The number of aryl methyl sites for hydroxylation is 1. The molecule has 172 valence electrons. The highest BCUT2D eigenvalue weighted by atomic mass is 32.2. The molecule has 0 aliphatic carbocycles. The van der Waals surface area contributed by atoms with Crippen LogP contribution in [0.5, 0.6) is 11.5 Å². The number of nitrogens with zero attached hydrogens (tertiary/aromatic N) is 4. The molecule has 2 aliphatic heterocycles. The molecule has 2 aromatic carbocycles. The number of nitrogens with one attached hydrogen (secondary N) is 1. The Balaban J connectivity index is 1.35. The van der Waals surface area contributed by atoms with E-state index in [4.69, 9.17) is 9.47 Å². The minimum absolute atomic E-state index is 0.113. The average Bonchev–Trinajstić information content (AvgIpc) is 3.50. The van der Waals surface area contributed by atoms with Gasteiger partial charge in [0.25, 0.3) is 0 Å². The van der Waals surface area contributed by atoms with Gasteiger partial charge in [0.05, 0.1) is 10.9 Å². The molecule has 0 radical (unpaired) electrons. The lowest BCUT2D eigenvalue weighted by Crippen LogP contribution is -2.24. The molecule has 3 aromatic rings. The summed E-state index contributed by atoms with van der Waals surface area (Å²) in [4.78, 5) is 15.2. The Kier molecular flexibility index (Phi) is 6.13. The SMILES string of the molecule is Cc1ccc(-n2c(S[C@H](C)C(=O)Nc3ccc4c(c3)OCCO4)nnc2N2CCCC2)cc1. The number of benzene rings is 2. The Bertz CT molecular complexity index is 1140. The molecule has 0 bridgehead atoms. The molecule has 0 spiro atoms. The standard InChI is InChI=1S/C24H27N5O3S/c1-16-5-8-19(9-6-16)29-23(28-11-3-4-12-28)26-27-24(29)33-17(2)22(30)25-18-7-10-20-21(15-18)32-14-13-31-20/h5-10,15,17H,3-4,11-14H2,1-2H3,(H,25,30)/t17-/m1/s1. The second-order valence-corrected chi connectivity index (χ2v) is 9.56. The Labute approximate surface area is 197 Å². The molecule has 1 N–H and O–H groups in total. The van der Waals surface area contributed by atoms with Crippen LogP contribution in [0.3, 0.4) is 0 Å². The van der Waals surface area contributed by atoms with Gasteiger partial charge in [0.2, 0.25) is 11.9 Å². The summed E-state index contributed by atoms with van der Waals surface area (Å²) in [7, 11) is 0. The van der Waals surface area contributed by atoms with Crippen LogP contribution in [0.15, 0.2) is 47.6 Å². The Hall–Kier alpha value is -3.20. The first kappa shape index (κ1) is 21.6. The van der Waals surface area contributed by atoms with E-state index in [0.717, 1.165) is 37.6 Å². The summed E-state index contributed by atoms with van der Waals surface area (Å²) in [5.74, 6) is 2.06. The lowest BCUT2D eigenvalue weighted by atomic mass is 10.2. The van der Waals surface area contributed by atoms with Crippen molar-refractivity contribution in [3.05, 3.63) is 48.0 Å². The third-order valence-electron chi connectivity index (χ3n) is 5.76. The van der Waals surface area contributed by atoms with E-state index < -0.39 is 0 Å². The van der Waals surface area contributed by atoms with Crippen molar-refractivity contribution in [3.8, 4) is 17.2 Å². The first-order valence-electron chi connectivity index (χ1n) is 11.2. The van der Waals surface area contributed by atoms with Gasteiger partial charge in [-0.3, -0.25) is 9.36 Å². The molecule has 0 unspecified atom stereocenters. The molecule has 2 aliphatic rings. The smallest absolute Gasteiger partial charge is 0.237 e. The van der Waals surface area contributed by atoms with Gasteiger partial charge >= 0.3 is 0 Å². The highest BCUT2D eigenvalue weighted by Gasteiger charge is 2.25. The van der Waals surface area contributed by atoms with Crippen LogP contribution in [0.25, 0.3) is 5.69 Å². The average molecular weight is 466 g/mol. The molecule has 9 heteroatoms. The summed E-state index contributed by atoms with van der Waals surface area (Å²) < 4.78 is 13.2. The van der Waals surface area contributed by atoms with Crippen molar-refractivity contribution in [2.45, 2.75) is 37.1 Å². The van der Waals surface area contributed by atoms with Crippen LogP contribution in [0.2, 0.25) is 0 Å². The number of aromatic nitrogens is 3. The minimum Gasteiger partial charge on any atom is -0.486 e. The molecule has 1 fully saturated rings. The minimum atomic E-state index is -0.377. The van der Waals surface area contributed by atoms with Crippen LogP contribution in [-0.2, 0) is 4.79 Å². The molecule has 1 saturated heterocycles. The third-order valence-corrected chi connectivity index (χ3v) is 6.80. The van der Waals surface area contributed by atoms with Gasteiger partial charge < -0.3 is 19.7 Å². The van der Waals surface area contributed by atoms with Crippen molar-refractivity contribution in [1.82, 2.24) is 14.8 Å². The predicted molar refractivity (Wildman–Crippen MR) is 129 cm³/mol. The van der Waals surface area contributed by atoms with Gasteiger partial charge in [0, 0.05) is 24.8 Å². The Morgan fingerprint density at radius 2 is 1.76 bits per heavy atom. The number of carbonyl (C=O) groups excluding carboxylic acids is 1. The number of thioether (sulfide) groups is 1. The van der Waals surface area contributed by atoms with E-state index in [2.05, 4.69) is 56.2 Å². The van der Waals surface area contributed by atoms with Crippen LogP contribution in [0.4, 0.5) is 11.6 Å². The molecule has 3 heterocycles. The zero-order valence-corrected chi connectivity index (χ0v) is 19.6. The number of carbonyl (C=O) groups is 1. The fourth-order valence-electron chi connectivity index (χ4n) is 3.96. The van der Waals surface area contributed by atoms with Crippen LogP contribution < -0.4 is 19.7 Å². The molecule has 5 rings (SSSR count). The number of fused-ring (bicyclic) bond motifs is 1. The molecule has 33 heavy (non-hydrogen) atoms. The van der Waals surface area contributed by atoms with E-state index in [0.29, 0.717) is 35.6 Å². The van der Waals surface area contributed by atoms with Crippen LogP contribution in [0, 0.1) is 6.92 Å². The summed E-state index contributed by atoms with van der Waals surface area (Å²) in [6.45, 7) is 6.92. The van der Waals surface area contributed by atoms with Crippen LogP contribution in [0.1, 0.15) is 25.3 Å². The second-order valence-electron chi connectivity index (χ2n) is 8.26. The summed E-state index contributed by atoms with van der Waals surface area (Å²) in [5, 5.41) is 12.3. The zero-order valence-electron chi connectivity index (χ0n) is 18.8. The first-order chi connectivity index (χ1) is 16.1. The molecule has 1 amide bonds. The quantitative estimate of drug-likeness (QED) is 0.550. The van der Waals surface area contributed by atoms with Gasteiger partial charge in [-0.05, 0) is 51.0 Å². The van der Waals surface area contributed by atoms with Crippen molar-refractivity contribution < 1.29 is 14.3 Å². The largest absolute Gasteiger partial charge is 0.486 e. The molecule has 1 atom stereocenters. The van der Waals surface area contributed by atoms with Crippen molar-refractivity contribution in [2.75, 3.05) is 36.5 Å². The second kappa shape index (κ2) is 9.35. The molecule has 8 nitrogen and oxygen atoms in total. The highest BCUT2D eigenvalue weighted by Crippen LogP contribution is 2.34. The maximum atomic E-state index is 13.0. The number of ether oxygens (including phenoxy) is 2. The lowest BCUT2D eigenvalue weighted by Gasteiger charge is -2.20. The van der Waals surface area contributed by atoms with E-state index in [1.165, 1.54) is 17.3 Å². The number of anilines is 2. The predicted octanol–water partition coefficient (Wildman–Crippen LogP) is 4.07. The number of rotatable bonds is 6. The molecule has 1 aromatic heterocycles. The van der Waals surface area contributed by atoms with E-state index in [1.807, 2.05) is 19.1 Å². The van der Waals surface area contributed by atoms with Crippen molar-refractivity contribution in [3.63, 3.8) is 0 Å². The van der Waals surface area contributed by atoms with Gasteiger partial charge in [-0.15, -0.1) is 10.2 Å². The fraction of sp³-hybridized carbons (Fsp3) is 0.375. The number of hydrogen-bond donors (Lipinski definition) is 1. The third kappa shape index (κ3) is 4.64. The van der Waals surface area contributed by atoms with Crippen molar-refractivity contribution in [1.29, 1.82) is 0 Å². The summed E-state index contributed by atoms with van der Waals surface area (Å²) in [5.41, 5.74) is 2.86. The first-order valence-corrected chi connectivity index (χ1v) is 12.1. The van der Waals surface area contributed by atoms with Gasteiger partial charge in [-0.2, -0.15) is 0 Å². The molecular weight excluding hydrogens is 438 g/mol. The highest BCUT2D eigenvalue weighted by molar-refractivity contribution is 8.00. The summed E-state index contributed by atoms with van der Waals surface area (Å²) in [6.07, 6.45) is 2.30. The van der Waals surface area contributed by atoms with Crippen molar-refractivity contribution >= 4 is 29.3 Å². The van der Waals surface area contributed by atoms with Crippen LogP contribution in [-0.4, -0.2) is 52.2 Å². The topological polar surface area (TPSA) is 81.5 Å². The fourth-order valence-corrected chi connectivity index (χ4v) is 4.82. The lowest BCUT2D eigenvalue weighted by molar-refractivity contribution is -0.115. The van der Waals surface area contributed by atoms with E-state index in [1.54, 1.807) is 6.07 Å². The number of amides is 1. The number of hydrogen-bond acceptors (Lipinski definition) is 7. The maximum Gasteiger partial charge on any atom is 0.237 e.